The van der Waals surface area contributed by atoms with Gasteiger partial charge in [-0.2, -0.15) is 0 Å². The minimum atomic E-state index is 0.810. The molecule has 0 aliphatic carbocycles. The number of rotatable bonds is 0. The van der Waals surface area contributed by atoms with Gasteiger partial charge in [0.25, 0.3) is 0 Å². The molecule has 1 heterocycles. The molecule has 0 aliphatic rings. The summed E-state index contributed by atoms with van der Waals surface area (Å²) in [6.07, 6.45) is 3.56. The van der Waals surface area contributed by atoms with Crippen molar-refractivity contribution in [1.82, 2.24) is 4.98 Å². The molecular weight excluding hydrogens is 184 g/mol. The van der Waals surface area contributed by atoms with Gasteiger partial charge in [0.05, 0.1) is 0 Å². The Morgan fingerprint density at radius 1 is 1.00 bits per heavy atom. The highest BCUT2D eigenvalue weighted by molar-refractivity contribution is 5.91. The van der Waals surface area contributed by atoms with Crippen LogP contribution in [-0.4, -0.2) is 4.98 Å². The van der Waals surface area contributed by atoms with Crippen molar-refractivity contribution in [2.75, 3.05) is 5.73 Å². The summed E-state index contributed by atoms with van der Waals surface area (Å²) in [5.41, 5.74) is 6.54. The smallest absolute Gasteiger partial charge is 0.0394 e. The molecular formula is C13H20N2. The van der Waals surface area contributed by atoms with Crippen molar-refractivity contribution in [2.45, 2.75) is 27.7 Å². The second-order valence-electron chi connectivity index (χ2n) is 2.44. The van der Waals surface area contributed by atoms with E-state index in [-0.39, 0.29) is 0 Å². The minimum Gasteiger partial charge on any atom is -0.398 e. The maximum atomic E-state index is 5.73. The van der Waals surface area contributed by atoms with Crippen LogP contribution >= 0.6 is 0 Å². The average Bonchev–Trinajstić information content (AvgIpc) is 2.35. The van der Waals surface area contributed by atoms with Crippen molar-refractivity contribution in [3.63, 3.8) is 0 Å². The normalized spacial score (nSPS) is 8.27. The standard InChI is InChI=1S/C9H8N2.2C2H6/c10-9-3-1-2-7-6-11-5-4-8(7)9;2*1-2/h1-6H,10H2;2*1-2H3. The van der Waals surface area contributed by atoms with Crippen molar-refractivity contribution in [2.24, 2.45) is 0 Å². The highest BCUT2D eigenvalue weighted by Gasteiger charge is 1.93. The third-order valence-electron chi connectivity index (χ3n) is 1.71. The molecule has 0 saturated heterocycles. The van der Waals surface area contributed by atoms with Gasteiger partial charge in [-0.1, -0.05) is 39.8 Å². The van der Waals surface area contributed by atoms with Crippen LogP contribution in [0.3, 0.4) is 0 Å². The number of fused-ring (bicyclic) bond motifs is 1. The van der Waals surface area contributed by atoms with Gasteiger partial charge in [-0.05, 0) is 12.1 Å². The number of aromatic nitrogens is 1. The molecule has 2 rings (SSSR count). The summed E-state index contributed by atoms with van der Waals surface area (Å²) in [4.78, 5) is 4.00. The molecule has 0 spiro atoms. The van der Waals surface area contributed by atoms with Crippen molar-refractivity contribution in [1.29, 1.82) is 0 Å². The van der Waals surface area contributed by atoms with Crippen LogP contribution in [0.5, 0.6) is 0 Å². The van der Waals surface area contributed by atoms with Gasteiger partial charge >= 0.3 is 0 Å². The topological polar surface area (TPSA) is 38.9 Å². The van der Waals surface area contributed by atoms with Crippen LogP contribution in [0.4, 0.5) is 5.69 Å². The van der Waals surface area contributed by atoms with E-state index >= 15 is 0 Å². The van der Waals surface area contributed by atoms with E-state index in [1.165, 1.54) is 0 Å². The molecule has 0 fully saturated rings. The lowest BCUT2D eigenvalue weighted by atomic mass is 10.1. The first kappa shape index (κ1) is 13.4. The SMILES string of the molecule is CC.CC.Nc1cccc2cnccc12. The highest BCUT2D eigenvalue weighted by Crippen LogP contribution is 2.18. The van der Waals surface area contributed by atoms with E-state index in [0.717, 1.165) is 16.5 Å². The van der Waals surface area contributed by atoms with E-state index in [9.17, 15) is 0 Å². The van der Waals surface area contributed by atoms with Crippen LogP contribution in [0.15, 0.2) is 36.7 Å². The van der Waals surface area contributed by atoms with Crippen molar-refractivity contribution in [3.8, 4) is 0 Å². The Morgan fingerprint density at radius 3 is 2.27 bits per heavy atom. The lowest BCUT2D eigenvalue weighted by molar-refractivity contribution is 1.36. The Hall–Kier alpha value is -1.57. The summed E-state index contributed by atoms with van der Waals surface area (Å²) in [5.74, 6) is 0. The first-order chi connectivity index (χ1) is 7.38. The monoisotopic (exact) mass is 204 g/mol. The average molecular weight is 204 g/mol. The number of pyridine rings is 1. The second kappa shape index (κ2) is 7.80. The van der Waals surface area contributed by atoms with E-state index in [1.807, 2.05) is 58.2 Å². The molecule has 0 atom stereocenters. The van der Waals surface area contributed by atoms with E-state index < -0.39 is 0 Å². The molecule has 0 radical (unpaired) electrons. The van der Waals surface area contributed by atoms with Crippen molar-refractivity contribution < 1.29 is 0 Å². The summed E-state index contributed by atoms with van der Waals surface area (Å²) >= 11 is 0. The number of hydrogen-bond acceptors (Lipinski definition) is 2. The minimum absolute atomic E-state index is 0.810. The maximum Gasteiger partial charge on any atom is 0.0394 e. The van der Waals surface area contributed by atoms with Gasteiger partial charge in [-0.3, -0.25) is 4.98 Å². The molecule has 0 aliphatic heterocycles. The van der Waals surface area contributed by atoms with Gasteiger partial charge < -0.3 is 5.73 Å². The Kier molecular flexibility index (Phi) is 6.98. The first-order valence-corrected chi connectivity index (χ1v) is 5.46. The van der Waals surface area contributed by atoms with Gasteiger partial charge in [-0.15, -0.1) is 0 Å². The van der Waals surface area contributed by atoms with Gasteiger partial charge in [0.2, 0.25) is 0 Å². The van der Waals surface area contributed by atoms with E-state index in [0.29, 0.717) is 0 Å². The molecule has 2 nitrogen and oxygen atoms in total. The fourth-order valence-electron chi connectivity index (χ4n) is 1.15. The Bertz CT molecular complexity index is 378. The van der Waals surface area contributed by atoms with Crippen LogP contribution in [0, 0.1) is 0 Å². The zero-order valence-corrected chi connectivity index (χ0v) is 9.99. The number of nitrogens with zero attached hydrogens (tertiary/aromatic N) is 1. The second-order valence-corrected chi connectivity index (χ2v) is 2.44. The zero-order chi connectivity index (χ0) is 11.7. The molecule has 0 saturated carbocycles. The van der Waals surface area contributed by atoms with Crippen LogP contribution in [0.1, 0.15) is 27.7 Å². The van der Waals surface area contributed by atoms with Crippen molar-refractivity contribution >= 4 is 16.5 Å². The molecule has 0 amide bonds. The first-order valence-electron chi connectivity index (χ1n) is 5.46. The predicted molar refractivity (Wildman–Crippen MR) is 68.9 cm³/mol. The number of hydrogen-bond donors (Lipinski definition) is 1. The molecule has 2 heteroatoms. The Balaban J connectivity index is 0.000000442. The summed E-state index contributed by atoms with van der Waals surface area (Å²) in [6, 6.07) is 7.74. The van der Waals surface area contributed by atoms with Gasteiger partial charge in [0.15, 0.2) is 0 Å². The van der Waals surface area contributed by atoms with E-state index in [4.69, 9.17) is 5.73 Å². The molecule has 15 heavy (non-hydrogen) atoms. The third-order valence-corrected chi connectivity index (χ3v) is 1.71. The molecule has 0 unspecified atom stereocenters. The fourth-order valence-corrected chi connectivity index (χ4v) is 1.15. The number of benzene rings is 1. The van der Waals surface area contributed by atoms with Crippen molar-refractivity contribution in [3.05, 3.63) is 36.7 Å². The predicted octanol–water partition coefficient (Wildman–Crippen LogP) is 3.87. The zero-order valence-electron chi connectivity index (χ0n) is 9.99. The maximum absolute atomic E-state index is 5.73. The largest absolute Gasteiger partial charge is 0.398 e. The number of anilines is 1. The van der Waals surface area contributed by atoms with E-state index in [2.05, 4.69) is 4.98 Å². The lowest BCUT2D eigenvalue weighted by Crippen LogP contribution is -1.85. The quantitative estimate of drug-likeness (QED) is 0.662. The molecule has 1 aromatic carbocycles. The fraction of sp³-hybridized carbons (Fsp3) is 0.308. The Morgan fingerprint density at radius 2 is 1.67 bits per heavy atom. The van der Waals surface area contributed by atoms with Gasteiger partial charge in [-0.25, -0.2) is 0 Å². The van der Waals surface area contributed by atoms with E-state index in [1.54, 1.807) is 6.20 Å². The molecule has 2 aromatic rings. The number of nitrogen functional groups attached to an aromatic ring is 1. The summed E-state index contributed by atoms with van der Waals surface area (Å²) in [5, 5.41) is 2.16. The Labute approximate surface area is 92.1 Å². The summed E-state index contributed by atoms with van der Waals surface area (Å²) in [6.45, 7) is 8.00. The van der Waals surface area contributed by atoms with Crippen LogP contribution in [-0.2, 0) is 0 Å². The summed E-state index contributed by atoms with van der Waals surface area (Å²) in [7, 11) is 0. The molecule has 2 N–H and O–H groups in total. The number of nitrogens with two attached hydrogens (primary N) is 1. The molecule has 0 bridgehead atoms. The van der Waals surface area contributed by atoms with Crippen LogP contribution in [0.2, 0.25) is 0 Å². The van der Waals surface area contributed by atoms with Gasteiger partial charge in [0, 0.05) is 28.9 Å². The van der Waals surface area contributed by atoms with Crippen LogP contribution < -0.4 is 5.73 Å². The highest BCUT2D eigenvalue weighted by atomic mass is 14.6. The summed E-state index contributed by atoms with van der Waals surface area (Å²) < 4.78 is 0. The molecule has 82 valence electrons. The third kappa shape index (κ3) is 3.58. The lowest BCUT2D eigenvalue weighted by Gasteiger charge is -1.98. The van der Waals surface area contributed by atoms with Crippen LogP contribution in [0.25, 0.3) is 10.8 Å². The molecule has 1 aromatic heterocycles. The van der Waals surface area contributed by atoms with Gasteiger partial charge in [0.1, 0.15) is 0 Å².